The third kappa shape index (κ3) is 5.09. The number of anilines is 2. The van der Waals surface area contributed by atoms with E-state index in [0.717, 1.165) is 9.32 Å². The van der Waals surface area contributed by atoms with Gasteiger partial charge in [0.2, 0.25) is 5.91 Å². The van der Waals surface area contributed by atoms with Crippen molar-refractivity contribution >= 4 is 51.5 Å². The Labute approximate surface area is 141 Å². The van der Waals surface area contributed by atoms with Gasteiger partial charge in [-0.1, -0.05) is 17.7 Å². The summed E-state index contributed by atoms with van der Waals surface area (Å²) in [5.74, 6) is 0.576. The van der Waals surface area contributed by atoms with Gasteiger partial charge in [0.15, 0.2) is 0 Å². The summed E-state index contributed by atoms with van der Waals surface area (Å²) in [6, 6.07) is 12.6. The number of rotatable bonds is 5. The highest BCUT2D eigenvalue weighted by Gasteiger charge is 2.06. The first-order chi connectivity index (χ1) is 10.0. The first-order valence-corrected chi connectivity index (χ1v) is 7.73. The van der Waals surface area contributed by atoms with Gasteiger partial charge in [0, 0.05) is 8.59 Å². The van der Waals surface area contributed by atoms with Crippen molar-refractivity contribution in [1.29, 1.82) is 0 Å². The molecule has 0 atom stereocenters. The van der Waals surface area contributed by atoms with Gasteiger partial charge in [-0.25, -0.2) is 0 Å². The van der Waals surface area contributed by atoms with E-state index in [1.807, 2.05) is 24.3 Å². The van der Waals surface area contributed by atoms with Crippen LogP contribution in [0.1, 0.15) is 6.42 Å². The second-order valence-electron chi connectivity index (χ2n) is 4.34. The predicted molar refractivity (Wildman–Crippen MR) is 93.8 cm³/mol. The quantitative estimate of drug-likeness (QED) is 0.573. The van der Waals surface area contributed by atoms with Crippen LogP contribution in [0.3, 0.4) is 0 Å². The van der Waals surface area contributed by atoms with E-state index in [4.69, 9.17) is 22.1 Å². The summed E-state index contributed by atoms with van der Waals surface area (Å²) >= 11 is 8.07. The number of amides is 1. The lowest BCUT2D eigenvalue weighted by Crippen LogP contribution is -2.16. The second kappa shape index (κ2) is 7.51. The standard InChI is InChI=1S/C15H14ClIN2O2/c16-10-4-5-13(18)14(8-10)19-15(20)6-7-21-12-3-1-2-11(17)9-12/h1-5,8-9H,6-7,18H2,(H,19,20). The predicted octanol–water partition coefficient (Wildman–Crippen LogP) is 3.93. The number of hydrogen-bond acceptors (Lipinski definition) is 3. The minimum atomic E-state index is -0.172. The first kappa shape index (κ1) is 15.9. The molecule has 3 N–H and O–H groups in total. The minimum Gasteiger partial charge on any atom is -0.493 e. The average Bonchev–Trinajstić information content (AvgIpc) is 2.43. The highest BCUT2D eigenvalue weighted by atomic mass is 127. The molecule has 2 aromatic carbocycles. The van der Waals surface area contributed by atoms with Crippen LogP contribution in [0, 0.1) is 3.57 Å². The molecule has 0 fully saturated rings. The van der Waals surface area contributed by atoms with Gasteiger partial charge in [0.25, 0.3) is 0 Å². The zero-order chi connectivity index (χ0) is 15.2. The Kier molecular flexibility index (Phi) is 5.69. The number of benzene rings is 2. The first-order valence-electron chi connectivity index (χ1n) is 6.28. The van der Waals surface area contributed by atoms with E-state index >= 15 is 0 Å². The number of ether oxygens (including phenoxy) is 1. The van der Waals surface area contributed by atoms with E-state index in [9.17, 15) is 4.79 Å². The van der Waals surface area contributed by atoms with Crippen LogP contribution in [-0.4, -0.2) is 12.5 Å². The Bertz CT molecular complexity index is 649. The molecule has 2 rings (SSSR count). The van der Waals surface area contributed by atoms with Crippen LogP contribution >= 0.6 is 34.2 Å². The fourth-order valence-electron chi connectivity index (χ4n) is 1.67. The number of carbonyl (C=O) groups is 1. The van der Waals surface area contributed by atoms with Crippen LogP contribution in [0.2, 0.25) is 5.02 Å². The molecule has 0 unspecified atom stereocenters. The molecule has 0 aliphatic rings. The molecule has 0 heterocycles. The Morgan fingerprint density at radius 2 is 2.10 bits per heavy atom. The van der Waals surface area contributed by atoms with Gasteiger partial charge in [-0.2, -0.15) is 0 Å². The summed E-state index contributed by atoms with van der Waals surface area (Å²) in [6.45, 7) is 0.298. The van der Waals surface area contributed by atoms with E-state index in [-0.39, 0.29) is 12.3 Å². The highest BCUT2D eigenvalue weighted by Crippen LogP contribution is 2.23. The zero-order valence-electron chi connectivity index (χ0n) is 11.1. The Morgan fingerprint density at radius 3 is 2.86 bits per heavy atom. The van der Waals surface area contributed by atoms with Gasteiger partial charge < -0.3 is 15.8 Å². The molecule has 0 aliphatic carbocycles. The van der Waals surface area contributed by atoms with Crippen molar-refractivity contribution in [3.8, 4) is 5.75 Å². The van der Waals surface area contributed by atoms with E-state index in [0.29, 0.717) is 23.0 Å². The second-order valence-corrected chi connectivity index (χ2v) is 6.02. The number of halogens is 2. The molecule has 6 heteroatoms. The normalized spacial score (nSPS) is 10.2. The van der Waals surface area contributed by atoms with Gasteiger partial charge in [0.05, 0.1) is 24.4 Å². The van der Waals surface area contributed by atoms with Crippen molar-refractivity contribution in [3.05, 3.63) is 51.1 Å². The summed E-state index contributed by atoms with van der Waals surface area (Å²) in [5, 5.41) is 3.24. The molecule has 0 radical (unpaired) electrons. The monoisotopic (exact) mass is 416 g/mol. The number of nitrogens with two attached hydrogens (primary N) is 1. The lowest BCUT2D eigenvalue weighted by molar-refractivity contribution is -0.116. The fraction of sp³-hybridized carbons (Fsp3) is 0.133. The summed E-state index contributed by atoms with van der Waals surface area (Å²) in [4.78, 5) is 11.8. The van der Waals surface area contributed by atoms with Crippen molar-refractivity contribution in [2.75, 3.05) is 17.7 Å². The average molecular weight is 417 g/mol. The third-order valence-electron chi connectivity index (χ3n) is 2.68. The number of hydrogen-bond donors (Lipinski definition) is 2. The van der Waals surface area contributed by atoms with Gasteiger partial charge in [-0.05, 0) is 59.0 Å². The van der Waals surface area contributed by atoms with Crippen LogP contribution < -0.4 is 15.8 Å². The van der Waals surface area contributed by atoms with Crippen molar-refractivity contribution < 1.29 is 9.53 Å². The summed E-state index contributed by atoms with van der Waals surface area (Å²) in [6.07, 6.45) is 0.234. The Hall–Kier alpha value is -1.47. The maximum Gasteiger partial charge on any atom is 0.227 e. The molecule has 0 saturated heterocycles. The highest BCUT2D eigenvalue weighted by molar-refractivity contribution is 14.1. The van der Waals surface area contributed by atoms with Gasteiger partial charge in [0.1, 0.15) is 5.75 Å². The number of nitrogens with one attached hydrogen (secondary N) is 1. The van der Waals surface area contributed by atoms with E-state index in [2.05, 4.69) is 27.9 Å². The van der Waals surface area contributed by atoms with Crippen LogP contribution in [0.15, 0.2) is 42.5 Å². The lowest BCUT2D eigenvalue weighted by atomic mass is 10.2. The Morgan fingerprint density at radius 1 is 1.29 bits per heavy atom. The van der Waals surface area contributed by atoms with E-state index in [1.54, 1.807) is 18.2 Å². The van der Waals surface area contributed by atoms with Gasteiger partial charge in [-0.15, -0.1) is 0 Å². The molecule has 0 spiro atoms. The number of nitrogen functional groups attached to an aromatic ring is 1. The topological polar surface area (TPSA) is 64.3 Å². The SMILES string of the molecule is Nc1ccc(Cl)cc1NC(=O)CCOc1cccc(I)c1. The van der Waals surface area contributed by atoms with Crippen molar-refractivity contribution in [2.24, 2.45) is 0 Å². The largest absolute Gasteiger partial charge is 0.493 e. The van der Waals surface area contributed by atoms with Crippen molar-refractivity contribution in [2.45, 2.75) is 6.42 Å². The number of carbonyl (C=O) groups excluding carboxylic acids is 1. The maximum absolute atomic E-state index is 11.8. The van der Waals surface area contributed by atoms with Crippen LogP contribution in [0.5, 0.6) is 5.75 Å². The van der Waals surface area contributed by atoms with Crippen molar-refractivity contribution in [1.82, 2.24) is 0 Å². The molecule has 110 valence electrons. The summed E-state index contributed by atoms with van der Waals surface area (Å²) < 4.78 is 6.61. The van der Waals surface area contributed by atoms with Gasteiger partial charge >= 0.3 is 0 Å². The smallest absolute Gasteiger partial charge is 0.227 e. The van der Waals surface area contributed by atoms with Crippen molar-refractivity contribution in [3.63, 3.8) is 0 Å². The molecule has 0 aliphatic heterocycles. The van der Waals surface area contributed by atoms with Crippen LogP contribution in [0.25, 0.3) is 0 Å². The zero-order valence-corrected chi connectivity index (χ0v) is 14.0. The van der Waals surface area contributed by atoms with E-state index < -0.39 is 0 Å². The van der Waals surface area contributed by atoms with Crippen LogP contribution in [0.4, 0.5) is 11.4 Å². The molecule has 4 nitrogen and oxygen atoms in total. The Balaban J connectivity index is 1.84. The fourth-order valence-corrected chi connectivity index (χ4v) is 2.35. The molecular formula is C15H14ClIN2O2. The van der Waals surface area contributed by atoms with Gasteiger partial charge in [-0.3, -0.25) is 4.79 Å². The molecule has 0 saturated carbocycles. The molecular weight excluding hydrogens is 403 g/mol. The maximum atomic E-state index is 11.8. The molecule has 1 amide bonds. The molecule has 21 heavy (non-hydrogen) atoms. The van der Waals surface area contributed by atoms with Crippen LogP contribution in [-0.2, 0) is 4.79 Å². The summed E-state index contributed by atoms with van der Waals surface area (Å²) in [5.41, 5.74) is 6.76. The third-order valence-corrected chi connectivity index (χ3v) is 3.59. The lowest BCUT2D eigenvalue weighted by Gasteiger charge is -2.09. The minimum absolute atomic E-state index is 0.172. The molecule has 0 aromatic heterocycles. The summed E-state index contributed by atoms with van der Waals surface area (Å²) in [7, 11) is 0. The van der Waals surface area contributed by atoms with E-state index in [1.165, 1.54) is 0 Å². The molecule has 0 bridgehead atoms. The molecule has 2 aromatic rings.